The van der Waals surface area contributed by atoms with Crippen LogP contribution in [0.4, 0.5) is 14.6 Å². The summed E-state index contributed by atoms with van der Waals surface area (Å²) in [6.45, 7) is 6.39. The molecule has 1 aromatic carbocycles. The molecule has 1 aliphatic heterocycles. The molecule has 9 heteroatoms. The van der Waals surface area contributed by atoms with Gasteiger partial charge in [-0.05, 0) is 23.3 Å². The molecule has 0 unspecified atom stereocenters. The molecule has 30 heavy (non-hydrogen) atoms. The minimum absolute atomic E-state index is 0.186. The van der Waals surface area contributed by atoms with Gasteiger partial charge in [-0.15, -0.1) is 5.10 Å². The van der Waals surface area contributed by atoms with Gasteiger partial charge in [0, 0.05) is 18.4 Å². The van der Waals surface area contributed by atoms with E-state index in [0.29, 0.717) is 29.4 Å². The maximum Gasteiger partial charge on any atom is 0.266 e. The first-order valence-corrected chi connectivity index (χ1v) is 10.7. The summed E-state index contributed by atoms with van der Waals surface area (Å²) in [5.41, 5.74) is 3.00. The van der Waals surface area contributed by atoms with Crippen LogP contribution in [0.15, 0.2) is 24.3 Å². The zero-order chi connectivity index (χ0) is 21.5. The van der Waals surface area contributed by atoms with E-state index in [0.717, 1.165) is 17.7 Å². The van der Waals surface area contributed by atoms with Crippen molar-refractivity contribution in [3.05, 3.63) is 41.2 Å². The van der Waals surface area contributed by atoms with Gasteiger partial charge in [-0.25, -0.2) is 23.4 Å². The second kappa shape index (κ2) is 7.76. The quantitative estimate of drug-likeness (QED) is 0.620. The Kier molecular flexibility index (Phi) is 5.42. The number of hydrogen-bond donors (Lipinski definition) is 1. The fourth-order valence-corrected chi connectivity index (χ4v) is 3.90. The molecule has 6 nitrogen and oxygen atoms in total. The number of alkyl halides is 2. The van der Waals surface area contributed by atoms with E-state index in [4.69, 9.17) is 4.98 Å². The molecule has 0 saturated carbocycles. The Labute approximate surface area is 180 Å². The highest BCUT2D eigenvalue weighted by molar-refractivity contribution is 7.80. The number of rotatable bonds is 5. The molecular weight excluding hydrogens is 406 g/mol. The average Bonchev–Trinajstić information content (AvgIpc) is 3.25. The van der Waals surface area contributed by atoms with Crippen molar-refractivity contribution in [2.75, 3.05) is 23.7 Å². The molecule has 1 saturated heterocycles. The zero-order valence-corrected chi connectivity index (χ0v) is 18.3. The molecule has 0 aliphatic carbocycles. The van der Waals surface area contributed by atoms with Crippen LogP contribution in [0.2, 0.25) is 0 Å². The number of nitrogens with zero attached hydrogens (tertiary/aromatic N) is 6. The topological polar surface area (TPSA) is 59.7 Å². The van der Waals surface area contributed by atoms with Crippen molar-refractivity contribution in [3.63, 3.8) is 0 Å². The molecule has 0 bridgehead atoms. The minimum Gasteiger partial charge on any atom is -0.348 e. The summed E-state index contributed by atoms with van der Waals surface area (Å²) in [5.74, 6) is -0.941. The van der Waals surface area contributed by atoms with Crippen LogP contribution in [0.25, 0.3) is 11.2 Å². The first kappa shape index (κ1) is 21.0. The summed E-state index contributed by atoms with van der Waals surface area (Å²) in [7, 11) is 0. The lowest BCUT2D eigenvalue weighted by molar-refractivity contribution is 0.0257. The lowest BCUT2D eigenvalue weighted by atomic mass is 9.96. The molecule has 2 aromatic heterocycles. The molecule has 1 fully saturated rings. The first-order valence-electron chi connectivity index (χ1n) is 10.1. The number of aryl methyl sites for hydroxylation is 1. The normalized spacial score (nSPS) is 16.5. The van der Waals surface area contributed by atoms with E-state index in [9.17, 15) is 8.78 Å². The van der Waals surface area contributed by atoms with Gasteiger partial charge in [-0.1, -0.05) is 50.3 Å². The fourth-order valence-electron chi connectivity index (χ4n) is 3.66. The molecular formula is C21H26F2N6S. The van der Waals surface area contributed by atoms with E-state index in [2.05, 4.69) is 40.1 Å². The van der Waals surface area contributed by atoms with Gasteiger partial charge in [0.1, 0.15) is 5.82 Å². The van der Waals surface area contributed by atoms with Crippen molar-refractivity contribution < 1.29 is 8.78 Å². The van der Waals surface area contributed by atoms with Crippen LogP contribution in [0.5, 0.6) is 0 Å². The van der Waals surface area contributed by atoms with Gasteiger partial charge in [0.05, 0.1) is 13.1 Å². The fraction of sp³-hybridized carbons (Fsp3) is 0.524. The third-order valence-electron chi connectivity index (χ3n) is 5.30. The van der Waals surface area contributed by atoms with E-state index in [1.165, 1.54) is 5.56 Å². The molecule has 0 radical (unpaired) electrons. The predicted molar refractivity (Wildman–Crippen MR) is 117 cm³/mol. The van der Waals surface area contributed by atoms with E-state index >= 15 is 0 Å². The molecule has 0 N–H and O–H groups in total. The zero-order valence-electron chi connectivity index (χ0n) is 17.4. The number of hydrogen-bond acceptors (Lipinski definition) is 6. The van der Waals surface area contributed by atoms with Gasteiger partial charge < -0.3 is 4.90 Å². The number of thiol groups is 1. The maximum atomic E-state index is 13.9. The summed E-state index contributed by atoms with van der Waals surface area (Å²) in [6, 6.07) is 8.13. The van der Waals surface area contributed by atoms with Gasteiger partial charge in [0.2, 0.25) is 0 Å². The largest absolute Gasteiger partial charge is 0.348 e. The van der Waals surface area contributed by atoms with E-state index in [1.807, 2.05) is 32.9 Å². The molecule has 1 aliphatic rings. The first-order chi connectivity index (χ1) is 14.2. The van der Waals surface area contributed by atoms with Crippen molar-refractivity contribution in [1.29, 1.82) is 0 Å². The Morgan fingerprint density at radius 2 is 1.87 bits per heavy atom. The van der Waals surface area contributed by atoms with Crippen LogP contribution in [0.3, 0.4) is 0 Å². The molecule has 0 spiro atoms. The molecule has 3 heterocycles. The number of benzene rings is 1. The van der Waals surface area contributed by atoms with Crippen molar-refractivity contribution in [2.45, 2.75) is 51.5 Å². The number of halogens is 2. The molecule has 160 valence electrons. The van der Waals surface area contributed by atoms with Gasteiger partial charge in [0.25, 0.3) is 5.92 Å². The Balaban J connectivity index is 1.81. The van der Waals surface area contributed by atoms with Crippen molar-refractivity contribution in [1.82, 2.24) is 25.0 Å². The highest BCUT2D eigenvalue weighted by atomic mass is 32.1. The molecule has 0 amide bonds. The standard InChI is InChI=1S/C21H26F2N6S/c1-20(2,3)19-24-17(28-10-9-21(22,23)13-28)16-18(25-19)29(27-26-16)12-15-7-5-4-6-14(15)8-11-30/h4-7,30H,8-13H2,1-3H3. The number of fused-ring (bicyclic) bond motifs is 1. The van der Waals surface area contributed by atoms with E-state index in [-0.39, 0.29) is 24.9 Å². The van der Waals surface area contributed by atoms with Crippen molar-refractivity contribution in [2.24, 2.45) is 0 Å². The highest BCUT2D eigenvalue weighted by Crippen LogP contribution is 2.34. The maximum absolute atomic E-state index is 13.9. The van der Waals surface area contributed by atoms with Gasteiger partial charge >= 0.3 is 0 Å². The van der Waals surface area contributed by atoms with E-state index < -0.39 is 5.92 Å². The van der Waals surface area contributed by atoms with E-state index in [1.54, 1.807) is 9.58 Å². The van der Waals surface area contributed by atoms with Crippen LogP contribution in [-0.4, -0.2) is 49.7 Å². The molecule has 3 aromatic rings. The van der Waals surface area contributed by atoms with Crippen LogP contribution in [0, 0.1) is 0 Å². The van der Waals surface area contributed by atoms with Crippen LogP contribution >= 0.6 is 12.6 Å². The highest BCUT2D eigenvalue weighted by Gasteiger charge is 2.40. The Morgan fingerprint density at radius 3 is 2.50 bits per heavy atom. The monoisotopic (exact) mass is 432 g/mol. The minimum atomic E-state index is -2.72. The van der Waals surface area contributed by atoms with Crippen LogP contribution in [0.1, 0.15) is 44.1 Å². The van der Waals surface area contributed by atoms with Gasteiger partial charge in [0.15, 0.2) is 17.0 Å². The summed E-state index contributed by atoms with van der Waals surface area (Å²) in [5, 5.41) is 8.61. The smallest absolute Gasteiger partial charge is 0.266 e. The lowest BCUT2D eigenvalue weighted by Crippen LogP contribution is -2.27. The van der Waals surface area contributed by atoms with Crippen LogP contribution < -0.4 is 4.90 Å². The average molecular weight is 433 g/mol. The third kappa shape index (κ3) is 4.12. The second-order valence-corrected chi connectivity index (χ2v) is 9.26. The summed E-state index contributed by atoms with van der Waals surface area (Å²) in [4.78, 5) is 11.0. The van der Waals surface area contributed by atoms with Crippen molar-refractivity contribution >= 4 is 29.6 Å². The number of aromatic nitrogens is 5. The second-order valence-electron chi connectivity index (χ2n) is 8.81. The third-order valence-corrected chi connectivity index (χ3v) is 5.53. The SMILES string of the molecule is CC(C)(C)c1nc(N2CCC(F)(F)C2)c2nnn(Cc3ccccc3CCS)c2n1. The summed E-state index contributed by atoms with van der Waals surface area (Å²) in [6.07, 6.45) is 0.664. The van der Waals surface area contributed by atoms with Gasteiger partial charge in [-0.2, -0.15) is 12.6 Å². The Bertz CT molecular complexity index is 1060. The van der Waals surface area contributed by atoms with Crippen LogP contribution in [-0.2, 0) is 18.4 Å². The molecule has 4 rings (SSSR count). The molecule has 0 atom stereocenters. The number of anilines is 1. The lowest BCUT2D eigenvalue weighted by Gasteiger charge is -2.22. The Hall–Kier alpha value is -2.29. The summed E-state index contributed by atoms with van der Waals surface area (Å²) >= 11 is 4.35. The Morgan fingerprint density at radius 1 is 1.13 bits per heavy atom. The van der Waals surface area contributed by atoms with Crippen molar-refractivity contribution in [3.8, 4) is 0 Å². The predicted octanol–water partition coefficient (Wildman–Crippen LogP) is 3.88. The van der Waals surface area contributed by atoms with Gasteiger partial charge in [-0.3, -0.25) is 0 Å². The summed E-state index contributed by atoms with van der Waals surface area (Å²) < 4.78 is 29.5.